The number of hydrogen-bond acceptors (Lipinski definition) is 5. The van der Waals surface area contributed by atoms with Crippen LogP contribution in [0, 0.1) is 0 Å². The first-order valence-electron chi connectivity index (χ1n) is 10.8. The molecule has 0 radical (unpaired) electrons. The molecular weight excluding hydrogens is 438 g/mol. The zero-order valence-electron chi connectivity index (χ0n) is 18.3. The van der Waals surface area contributed by atoms with Crippen molar-refractivity contribution in [1.82, 2.24) is 15.0 Å². The monoisotopic (exact) mass is 461 g/mol. The van der Waals surface area contributed by atoms with Crippen molar-refractivity contribution < 1.29 is 14.1 Å². The third-order valence-corrected chi connectivity index (χ3v) is 5.41. The first-order chi connectivity index (χ1) is 16.1. The quantitative estimate of drug-likeness (QED) is 0.305. The summed E-state index contributed by atoms with van der Waals surface area (Å²) in [4.78, 5) is 19.4. The number of nitrogens with zero attached hydrogens (tertiary/aromatic N) is 3. The van der Waals surface area contributed by atoms with Gasteiger partial charge in [-0.2, -0.15) is 4.98 Å². The molecule has 1 aromatic heterocycles. The minimum Gasteiger partial charge on any atom is -0.489 e. The summed E-state index contributed by atoms with van der Waals surface area (Å²) in [6, 6.07) is 24.3. The molecule has 6 nitrogen and oxygen atoms in total. The van der Waals surface area contributed by atoms with E-state index in [4.69, 9.17) is 20.9 Å². The van der Waals surface area contributed by atoms with Gasteiger partial charge in [0, 0.05) is 28.3 Å². The molecule has 33 heavy (non-hydrogen) atoms. The molecule has 0 aliphatic rings. The summed E-state index contributed by atoms with van der Waals surface area (Å²) in [5, 5.41) is 4.70. The number of hydrogen-bond donors (Lipinski definition) is 0. The van der Waals surface area contributed by atoms with E-state index in [1.165, 1.54) is 0 Å². The van der Waals surface area contributed by atoms with E-state index >= 15 is 0 Å². The Hall–Kier alpha value is -3.64. The molecule has 4 aromatic rings. The van der Waals surface area contributed by atoms with E-state index in [2.05, 4.69) is 10.1 Å². The van der Waals surface area contributed by atoms with E-state index in [0.717, 1.165) is 17.5 Å². The van der Waals surface area contributed by atoms with Crippen molar-refractivity contribution >= 4 is 17.5 Å². The Kier molecular flexibility index (Phi) is 7.37. The van der Waals surface area contributed by atoms with Gasteiger partial charge in [0.05, 0.1) is 0 Å². The van der Waals surface area contributed by atoms with Crippen LogP contribution in [0.5, 0.6) is 5.75 Å². The largest absolute Gasteiger partial charge is 0.489 e. The van der Waals surface area contributed by atoms with Crippen molar-refractivity contribution in [2.75, 3.05) is 6.54 Å². The Bertz CT molecular complexity index is 1210. The van der Waals surface area contributed by atoms with Crippen molar-refractivity contribution in [3.63, 3.8) is 0 Å². The van der Waals surface area contributed by atoms with Crippen molar-refractivity contribution in [3.05, 3.63) is 101 Å². The summed E-state index contributed by atoms with van der Waals surface area (Å²) < 4.78 is 11.3. The number of carbonyl (C=O) groups excluding carboxylic acids is 1. The number of carbonyl (C=O) groups is 1. The molecule has 4 rings (SSSR count). The molecule has 0 bridgehead atoms. The van der Waals surface area contributed by atoms with Gasteiger partial charge in [0.15, 0.2) is 0 Å². The Labute approximate surface area is 197 Å². The molecule has 0 aliphatic heterocycles. The predicted octanol–water partition coefficient (Wildman–Crippen LogP) is 6.02. The van der Waals surface area contributed by atoms with E-state index in [0.29, 0.717) is 41.2 Å². The zero-order valence-corrected chi connectivity index (χ0v) is 19.0. The second-order valence-corrected chi connectivity index (χ2v) is 7.92. The standard InChI is InChI=1S/C26H24ClN3O3/c1-2-15-30(17-24-28-25(29-33-24)19-9-4-3-5-10-19)26(31)20-12-8-13-22(16-20)32-18-21-11-6-7-14-23(21)27/h3-14,16H,2,15,17-18H2,1H3. The van der Waals surface area contributed by atoms with Crippen LogP contribution in [-0.4, -0.2) is 27.5 Å². The number of benzene rings is 3. The first-order valence-corrected chi connectivity index (χ1v) is 11.2. The maximum absolute atomic E-state index is 13.3. The maximum atomic E-state index is 13.3. The fourth-order valence-electron chi connectivity index (χ4n) is 3.39. The fourth-order valence-corrected chi connectivity index (χ4v) is 3.58. The molecule has 0 aliphatic carbocycles. The number of aromatic nitrogens is 2. The van der Waals surface area contributed by atoms with E-state index in [1.807, 2.05) is 67.6 Å². The maximum Gasteiger partial charge on any atom is 0.254 e. The lowest BCUT2D eigenvalue weighted by Gasteiger charge is -2.20. The second-order valence-electron chi connectivity index (χ2n) is 7.51. The molecule has 0 saturated carbocycles. The summed E-state index contributed by atoms with van der Waals surface area (Å²) in [5.41, 5.74) is 2.28. The molecule has 0 N–H and O–H groups in total. The molecule has 0 saturated heterocycles. The lowest BCUT2D eigenvalue weighted by molar-refractivity contribution is 0.0724. The highest BCUT2D eigenvalue weighted by molar-refractivity contribution is 6.31. The molecule has 0 fully saturated rings. The lowest BCUT2D eigenvalue weighted by atomic mass is 10.1. The summed E-state index contributed by atoms with van der Waals surface area (Å²) >= 11 is 6.21. The highest BCUT2D eigenvalue weighted by Crippen LogP contribution is 2.21. The highest BCUT2D eigenvalue weighted by Gasteiger charge is 2.19. The molecule has 3 aromatic carbocycles. The molecule has 1 amide bonds. The number of ether oxygens (including phenoxy) is 1. The third-order valence-electron chi connectivity index (χ3n) is 5.04. The van der Waals surface area contributed by atoms with E-state index in [1.54, 1.807) is 23.1 Å². The van der Waals surface area contributed by atoms with Crippen LogP contribution in [0.3, 0.4) is 0 Å². The van der Waals surface area contributed by atoms with Gasteiger partial charge >= 0.3 is 0 Å². The van der Waals surface area contributed by atoms with Gasteiger partial charge in [-0.1, -0.05) is 78.3 Å². The predicted molar refractivity (Wildman–Crippen MR) is 127 cm³/mol. The molecule has 7 heteroatoms. The Morgan fingerprint density at radius 2 is 1.82 bits per heavy atom. The molecule has 0 atom stereocenters. The van der Waals surface area contributed by atoms with Crippen LogP contribution in [0.2, 0.25) is 5.02 Å². The average Bonchev–Trinajstić information content (AvgIpc) is 3.32. The van der Waals surface area contributed by atoms with Crippen LogP contribution < -0.4 is 4.74 Å². The van der Waals surface area contributed by atoms with Gasteiger partial charge in [0.25, 0.3) is 5.91 Å². The summed E-state index contributed by atoms with van der Waals surface area (Å²) in [7, 11) is 0. The van der Waals surface area contributed by atoms with Gasteiger partial charge in [-0.05, 0) is 30.7 Å². The molecule has 0 spiro atoms. The second kappa shape index (κ2) is 10.8. The smallest absolute Gasteiger partial charge is 0.254 e. The summed E-state index contributed by atoms with van der Waals surface area (Å²) in [5.74, 6) is 1.37. The van der Waals surface area contributed by atoms with Crippen LogP contribution in [0.1, 0.15) is 35.2 Å². The first kappa shape index (κ1) is 22.6. The Balaban J connectivity index is 1.46. The number of amides is 1. The molecule has 1 heterocycles. The third kappa shape index (κ3) is 5.79. The SMILES string of the molecule is CCCN(Cc1nc(-c2ccccc2)no1)C(=O)c1cccc(OCc2ccccc2Cl)c1. The van der Waals surface area contributed by atoms with Crippen molar-refractivity contribution in [1.29, 1.82) is 0 Å². The topological polar surface area (TPSA) is 68.5 Å². The van der Waals surface area contributed by atoms with Crippen molar-refractivity contribution in [2.45, 2.75) is 26.5 Å². The summed E-state index contributed by atoms with van der Waals surface area (Å²) in [6.07, 6.45) is 0.800. The highest BCUT2D eigenvalue weighted by atomic mass is 35.5. The minimum absolute atomic E-state index is 0.125. The minimum atomic E-state index is -0.125. The van der Waals surface area contributed by atoms with Crippen LogP contribution in [0.25, 0.3) is 11.4 Å². The average molecular weight is 462 g/mol. The van der Waals surface area contributed by atoms with E-state index < -0.39 is 0 Å². The van der Waals surface area contributed by atoms with Crippen molar-refractivity contribution in [3.8, 4) is 17.1 Å². The molecule has 168 valence electrons. The van der Waals surface area contributed by atoms with Gasteiger partial charge in [-0.3, -0.25) is 4.79 Å². The van der Waals surface area contributed by atoms with Crippen LogP contribution in [0.4, 0.5) is 0 Å². The Morgan fingerprint density at radius 1 is 1.03 bits per heavy atom. The zero-order chi connectivity index (χ0) is 23.0. The Morgan fingerprint density at radius 3 is 2.61 bits per heavy atom. The van der Waals surface area contributed by atoms with Crippen LogP contribution >= 0.6 is 11.6 Å². The number of rotatable bonds is 9. The van der Waals surface area contributed by atoms with E-state index in [9.17, 15) is 4.79 Å². The molecule has 0 unspecified atom stereocenters. The van der Waals surface area contributed by atoms with Gasteiger partial charge in [-0.25, -0.2) is 0 Å². The van der Waals surface area contributed by atoms with E-state index in [-0.39, 0.29) is 12.5 Å². The summed E-state index contributed by atoms with van der Waals surface area (Å²) in [6.45, 7) is 3.14. The molecular formula is C26H24ClN3O3. The van der Waals surface area contributed by atoms with Gasteiger partial charge in [0.2, 0.25) is 11.7 Å². The van der Waals surface area contributed by atoms with Crippen LogP contribution in [-0.2, 0) is 13.2 Å². The van der Waals surface area contributed by atoms with Gasteiger partial charge < -0.3 is 14.2 Å². The van der Waals surface area contributed by atoms with Gasteiger partial charge in [0.1, 0.15) is 18.9 Å². The number of halogens is 1. The normalized spacial score (nSPS) is 10.7. The van der Waals surface area contributed by atoms with Crippen LogP contribution in [0.15, 0.2) is 83.4 Å². The fraction of sp³-hybridized carbons (Fsp3) is 0.192. The lowest BCUT2D eigenvalue weighted by Crippen LogP contribution is -2.31. The van der Waals surface area contributed by atoms with Gasteiger partial charge in [-0.15, -0.1) is 0 Å². The van der Waals surface area contributed by atoms with Crippen molar-refractivity contribution in [2.24, 2.45) is 0 Å².